The molecular formula is C27H32FN5O5. The number of nitrogens with zero attached hydrogens (tertiary/aromatic N) is 3. The molecule has 2 fully saturated rings. The van der Waals surface area contributed by atoms with E-state index in [0.717, 1.165) is 12.8 Å². The van der Waals surface area contributed by atoms with Gasteiger partial charge in [0.05, 0.1) is 29.8 Å². The number of piperidine rings is 1. The minimum atomic E-state index is -0.919. The minimum Gasteiger partial charge on any atom is -0.492 e. The summed E-state index contributed by atoms with van der Waals surface area (Å²) < 4.78 is 25.3. The van der Waals surface area contributed by atoms with Crippen LogP contribution < -0.4 is 10.1 Å². The highest BCUT2D eigenvalue weighted by Gasteiger charge is 2.32. The summed E-state index contributed by atoms with van der Waals surface area (Å²) in [6.45, 7) is 4.42. The van der Waals surface area contributed by atoms with Crippen molar-refractivity contribution in [2.24, 2.45) is 5.92 Å². The molecule has 38 heavy (non-hydrogen) atoms. The molecule has 2 unspecified atom stereocenters. The molecule has 202 valence electrons. The van der Waals surface area contributed by atoms with Gasteiger partial charge in [-0.1, -0.05) is 0 Å². The Labute approximate surface area is 219 Å². The lowest BCUT2D eigenvalue weighted by atomic mass is 10.0. The number of methoxy groups -OCH3 is 1. The molecule has 3 N–H and O–H groups in total. The summed E-state index contributed by atoms with van der Waals surface area (Å²) in [4.78, 5) is 39.1. The Morgan fingerprint density at radius 1 is 1.24 bits per heavy atom. The number of aromatic nitrogens is 3. The van der Waals surface area contributed by atoms with Gasteiger partial charge in [0.1, 0.15) is 35.7 Å². The molecule has 1 aliphatic carbocycles. The number of hydrogen-bond donors (Lipinski definition) is 3. The molecule has 2 aliphatic rings. The molecule has 3 heterocycles. The third kappa shape index (κ3) is 5.21. The molecule has 1 saturated carbocycles. The number of carbonyl (C=O) groups is 2. The van der Waals surface area contributed by atoms with Gasteiger partial charge in [0.2, 0.25) is 5.91 Å². The van der Waals surface area contributed by atoms with Crippen LogP contribution in [0.1, 0.15) is 40.9 Å². The molecule has 2 aromatic heterocycles. The molecule has 1 aliphatic heterocycles. The second-order valence-electron chi connectivity index (χ2n) is 10.1. The van der Waals surface area contributed by atoms with E-state index >= 15 is 0 Å². The van der Waals surface area contributed by atoms with E-state index in [9.17, 15) is 19.1 Å². The summed E-state index contributed by atoms with van der Waals surface area (Å²) in [7, 11) is 1.44. The van der Waals surface area contributed by atoms with Gasteiger partial charge in [0.15, 0.2) is 0 Å². The summed E-state index contributed by atoms with van der Waals surface area (Å²) in [5, 5.41) is 13.5. The number of aliphatic hydroxyl groups is 1. The fourth-order valence-corrected chi connectivity index (χ4v) is 4.84. The van der Waals surface area contributed by atoms with Crippen LogP contribution in [0, 0.1) is 25.6 Å². The lowest BCUT2D eigenvalue weighted by Gasteiger charge is -2.36. The number of hydrogen-bond acceptors (Lipinski definition) is 7. The fraction of sp³-hybridized carbons (Fsp3) is 0.481. The first kappa shape index (κ1) is 26.1. The maximum Gasteiger partial charge on any atom is 0.255 e. The number of aryl methyl sites for hydroxylation is 2. The van der Waals surface area contributed by atoms with Crippen molar-refractivity contribution >= 4 is 22.8 Å². The Morgan fingerprint density at radius 2 is 2.03 bits per heavy atom. The van der Waals surface area contributed by atoms with Gasteiger partial charge in [-0.15, -0.1) is 0 Å². The van der Waals surface area contributed by atoms with Gasteiger partial charge in [0.25, 0.3) is 5.91 Å². The number of halogens is 1. The molecule has 0 radical (unpaired) electrons. The van der Waals surface area contributed by atoms with Crippen molar-refractivity contribution < 1.29 is 28.6 Å². The van der Waals surface area contributed by atoms with Gasteiger partial charge in [-0.3, -0.25) is 9.59 Å². The van der Waals surface area contributed by atoms with Crippen LogP contribution in [-0.2, 0) is 9.53 Å². The van der Waals surface area contributed by atoms with E-state index in [0.29, 0.717) is 70.4 Å². The standard InChI is InChI=1S/C27H32FN5O5/c1-14-8-17(21(9-18(14)28)38-11-16-4-5-16)24-26-25(30-13-29-24)23(15(2)31-26)27(36)32-19-6-7-33(10-20(19)34)22(35)12-37-3/h8-9,13,16,19-20,31,34H,4-7,10-12H2,1-3H3,(H,32,36). The molecular weight excluding hydrogens is 493 g/mol. The number of likely N-dealkylation sites (tertiary alicyclic amines) is 1. The zero-order valence-electron chi connectivity index (χ0n) is 21.7. The van der Waals surface area contributed by atoms with E-state index in [1.54, 1.807) is 19.9 Å². The number of ether oxygens (including phenoxy) is 2. The number of H-pyrrole nitrogens is 1. The number of β-amino-alcohol motifs (C(OH)–C–C–N with tert-alkyl or cyclic N) is 1. The molecule has 3 aromatic rings. The maximum atomic E-state index is 14.4. The number of fused-ring (bicyclic) bond motifs is 1. The normalized spacial score (nSPS) is 19.6. The monoisotopic (exact) mass is 525 g/mol. The van der Waals surface area contributed by atoms with Crippen molar-refractivity contribution in [1.82, 2.24) is 25.2 Å². The van der Waals surface area contributed by atoms with E-state index in [1.165, 1.54) is 24.4 Å². The number of rotatable bonds is 8. The lowest BCUT2D eigenvalue weighted by Crippen LogP contribution is -2.55. The average Bonchev–Trinajstić information content (AvgIpc) is 3.65. The Kier molecular flexibility index (Phi) is 7.31. The predicted molar refractivity (Wildman–Crippen MR) is 137 cm³/mol. The van der Waals surface area contributed by atoms with E-state index in [2.05, 4.69) is 20.3 Å². The lowest BCUT2D eigenvalue weighted by molar-refractivity contribution is -0.138. The van der Waals surface area contributed by atoms with E-state index < -0.39 is 12.1 Å². The Bertz CT molecular complexity index is 1370. The van der Waals surface area contributed by atoms with Crippen LogP contribution in [0.25, 0.3) is 22.3 Å². The second-order valence-corrected chi connectivity index (χ2v) is 10.1. The first-order valence-electron chi connectivity index (χ1n) is 12.8. The van der Waals surface area contributed by atoms with Crippen molar-refractivity contribution in [3.63, 3.8) is 0 Å². The smallest absolute Gasteiger partial charge is 0.255 e. The average molecular weight is 526 g/mol. The van der Waals surface area contributed by atoms with Crippen LogP contribution in [-0.4, -0.2) is 82.3 Å². The van der Waals surface area contributed by atoms with Crippen LogP contribution >= 0.6 is 0 Å². The van der Waals surface area contributed by atoms with Gasteiger partial charge in [-0.05, 0) is 50.7 Å². The zero-order valence-corrected chi connectivity index (χ0v) is 21.7. The molecule has 1 aromatic carbocycles. The molecule has 2 amide bonds. The summed E-state index contributed by atoms with van der Waals surface area (Å²) >= 11 is 0. The number of nitrogens with one attached hydrogen (secondary N) is 2. The van der Waals surface area contributed by atoms with Gasteiger partial charge in [0, 0.05) is 37.5 Å². The quantitative estimate of drug-likeness (QED) is 0.412. The van der Waals surface area contributed by atoms with Crippen LogP contribution in [0.5, 0.6) is 5.75 Å². The summed E-state index contributed by atoms with van der Waals surface area (Å²) in [5.74, 6) is -0.0672. The van der Waals surface area contributed by atoms with Crippen molar-refractivity contribution in [2.45, 2.75) is 45.3 Å². The number of aromatic amines is 1. The number of carbonyl (C=O) groups excluding carboxylic acids is 2. The maximum absolute atomic E-state index is 14.4. The van der Waals surface area contributed by atoms with Crippen molar-refractivity contribution in [2.75, 3.05) is 33.4 Å². The number of amides is 2. The Hall–Kier alpha value is -3.57. The summed E-state index contributed by atoms with van der Waals surface area (Å²) in [6.07, 6.45) is 3.07. The highest BCUT2D eigenvalue weighted by molar-refractivity contribution is 6.09. The van der Waals surface area contributed by atoms with Crippen LogP contribution in [0.4, 0.5) is 4.39 Å². The van der Waals surface area contributed by atoms with Crippen molar-refractivity contribution in [3.05, 3.63) is 41.1 Å². The highest BCUT2D eigenvalue weighted by atomic mass is 19.1. The summed E-state index contributed by atoms with van der Waals surface area (Å²) in [6, 6.07) is 2.56. The van der Waals surface area contributed by atoms with E-state index in [4.69, 9.17) is 9.47 Å². The molecule has 1 saturated heterocycles. The highest BCUT2D eigenvalue weighted by Crippen LogP contribution is 2.37. The van der Waals surface area contributed by atoms with E-state index in [-0.39, 0.29) is 30.8 Å². The first-order valence-corrected chi connectivity index (χ1v) is 12.8. The fourth-order valence-electron chi connectivity index (χ4n) is 4.84. The minimum absolute atomic E-state index is 0.0543. The van der Waals surface area contributed by atoms with Crippen LogP contribution in [0.3, 0.4) is 0 Å². The van der Waals surface area contributed by atoms with Crippen molar-refractivity contribution in [3.8, 4) is 17.0 Å². The first-order chi connectivity index (χ1) is 18.3. The number of benzene rings is 1. The van der Waals surface area contributed by atoms with Gasteiger partial charge >= 0.3 is 0 Å². The molecule has 10 nitrogen and oxygen atoms in total. The molecule has 0 spiro atoms. The van der Waals surface area contributed by atoms with Gasteiger partial charge in [-0.2, -0.15) is 0 Å². The SMILES string of the molecule is COCC(=O)N1CCC(NC(=O)c2c(C)[nH]c3c(-c4cc(C)c(F)cc4OCC4CC4)ncnc23)C(O)C1. The predicted octanol–water partition coefficient (Wildman–Crippen LogP) is 2.51. The third-order valence-corrected chi connectivity index (χ3v) is 7.20. The number of aliphatic hydroxyl groups excluding tert-OH is 1. The van der Waals surface area contributed by atoms with E-state index in [1.807, 2.05) is 0 Å². The second kappa shape index (κ2) is 10.7. The van der Waals surface area contributed by atoms with Crippen LogP contribution in [0.2, 0.25) is 0 Å². The summed E-state index contributed by atoms with van der Waals surface area (Å²) in [5.41, 5.74) is 3.47. The molecule has 11 heteroatoms. The Balaban J connectivity index is 1.42. The topological polar surface area (TPSA) is 130 Å². The molecule has 0 bridgehead atoms. The Morgan fingerprint density at radius 3 is 2.74 bits per heavy atom. The van der Waals surface area contributed by atoms with Crippen LogP contribution in [0.15, 0.2) is 18.5 Å². The van der Waals surface area contributed by atoms with Gasteiger partial charge in [-0.25, -0.2) is 14.4 Å². The van der Waals surface area contributed by atoms with Crippen molar-refractivity contribution in [1.29, 1.82) is 0 Å². The molecule has 2 atom stereocenters. The van der Waals surface area contributed by atoms with Gasteiger partial charge < -0.3 is 29.8 Å². The molecule has 5 rings (SSSR count). The zero-order chi connectivity index (χ0) is 27.0. The third-order valence-electron chi connectivity index (χ3n) is 7.20. The largest absolute Gasteiger partial charge is 0.492 e.